The molecule has 2 unspecified atom stereocenters. The third kappa shape index (κ3) is 16.4. The quantitative estimate of drug-likeness (QED) is 0.100. The Morgan fingerprint density at radius 3 is 1.26 bits per heavy atom. The molecule has 0 rings (SSSR count). The molecule has 3 N–H and O–H groups in total. The number of ketones is 2. The third-order valence-electron chi connectivity index (χ3n) is 6.65. The summed E-state index contributed by atoms with van der Waals surface area (Å²) in [5, 5.41) is 28.4. The summed E-state index contributed by atoms with van der Waals surface area (Å²) >= 11 is 0. The number of hydrogen-bond donors (Lipinski definition) is 3. The summed E-state index contributed by atoms with van der Waals surface area (Å²) in [4.78, 5) is 35.0. The van der Waals surface area contributed by atoms with E-state index >= 15 is 0 Å². The van der Waals surface area contributed by atoms with Gasteiger partial charge in [0.2, 0.25) is 11.4 Å². The molecule has 2 atom stereocenters. The van der Waals surface area contributed by atoms with Crippen molar-refractivity contribution < 1.29 is 29.7 Å². The van der Waals surface area contributed by atoms with Crippen molar-refractivity contribution in [2.75, 3.05) is 0 Å². The molecular weight excluding hydrogens is 432 g/mol. The number of aliphatic hydroxyl groups excluding tert-OH is 1. The molecule has 0 bridgehead atoms. The van der Waals surface area contributed by atoms with Gasteiger partial charge in [0, 0.05) is 6.42 Å². The average Bonchev–Trinajstić information content (AvgIpc) is 2.79. The maximum absolute atomic E-state index is 12.0. The highest BCUT2D eigenvalue weighted by atomic mass is 16.4. The van der Waals surface area contributed by atoms with Crippen LogP contribution in [0.25, 0.3) is 0 Å². The number of hydrogen-bond acceptors (Lipinski definition) is 5. The van der Waals surface area contributed by atoms with E-state index in [4.69, 9.17) is 5.11 Å². The summed E-state index contributed by atoms with van der Waals surface area (Å²) < 4.78 is 0. The molecule has 0 amide bonds. The Balaban J connectivity index is 3.53. The van der Waals surface area contributed by atoms with E-state index in [1.807, 2.05) is 0 Å². The van der Waals surface area contributed by atoms with Crippen LogP contribution in [0.15, 0.2) is 0 Å². The number of carbonyl (C=O) groups excluding carboxylic acids is 2. The largest absolute Gasteiger partial charge is 0.479 e. The molecule has 0 aromatic rings. The number of aliphatic carboxylic acids is 1. The van der Waals surface area contributed by atoms with Crippen LogP contribution in [0.4, 0.5) is 0 Å². The minimum Gasteiger partial charge on any atom is -0.479 e. The standard InChI is InChI=1S/C28H52O6/c1-3-4-5-6-7-8-9-10-11-12-13-14-15-16-17-18-19-20-21-22-25(30)23-28(34,27(32)33)26(31)24(2)29/h24,29,34H,3-23H2,1-2H3,(H,32,33). The topological polar surface area (TPSA) is 112 Å². The maximum Gasteiger partial charge on any atom is 0.344 e. The Morgan fingerprint density at radius 1 is 0.647 bits per heavy atom. The van der Waals surface area contributed by atoms with Gasteiger partial charge < -0.3 is 15.3 Å². The SMILES string of the molecule is CCCCCCCCCCCCCCCCCCCCCC(=O)CC(O)(C(=O)O)C(=O)C(C)O. The lowest BCUT2D eigenvalue weighted by atomic mass is 9.88. The van der Waals surface area contributed by atoms with Crippen LogP contribution in [0.5, 0.6) is 0 Å². The van der Waals surface area contributed by atoms with E-state index in [1.165, 1.54) is 96.3 Å². The van der Waals surface area contributed by atoms with Gasteiger partial charge in [0.15, 0.2) is 0 Å². The van der Waals surface area contributed by atoms with Crippen LogP contribution in [-0.4, -0.2) is 44.6 Å². The third-order valence-corrected chi connectivity index (χ3v) is 6.65. The molecule has 200 valence electrons. The average molecular weight is 485 g/mol. The van der Waals surface area contributed by atoms with Crippen molar-refractivity contribution in [3.63, 3.8) is 0 Å². The van der Waals surface area contributed by atoms with E-state index in [-0.39, 0.29) is 6.42 Å². The van der Waals surface area contributed by atoms with E-state index in [0.717, 1.165) is 26.2 Å². The molecule has 0 saturated carbocycles. The molecular formula is C28H52O6. The Bertz CT molecular complexity index is 545. The molecule has 6 nitrogen and oxygen atoms in total. The van der Waals surface area contributed by atoms with Gasteiger partial charge in [-0.25, -0.2) is 4.79 Å². The van der Waals surface area contributed by atoms with Gasteiger partial charge in [-0.2, -0.15) is 0 Å². The van der Waals surface area contributed by atoms with Crippen LogP contribution in [0, 0.1) is 0 Å². The van der Waals surface area contributed by atoms with Gasteiger partial charge in [-0.05, 0) is 13.3 Å². The second-order valence-corrected chi connectivity index (χ2v) is 10.0. The van der Waals surface area contributed by atoms with Gasteiger partial charge >= 0.3 is 5.97 Å². The summed E-state index contributed by atoms with van der Waals surface area (Å²) in [5.41, 5.74) is -2.83. The molecule has 6 heteroatoms. The van der Waals surface area contributed by atoms with E-state index in [1.54, 1.807) is 0 Å². The Morgan fingerprint density at radius 2 is 0.971 bits per heavy atom. The van der Waals surface area contributed by atoms with Gasteiger partial charge in [0.05, 0.1) is 6.42 Å². The Labute approximate surface area is 207 Å². The Kier molecular flexibility index (Phi) is 20.3. The van der Waals surface area contributed by atoms with Gasteiger partial charge in [0.1, 0.15) is 11.9 Å². The van der Waals surface area contributed by atoms with Crippen molar-refractivity contribution in [3.8, 4) is 0 Å². The molecule has 0 aliphatic carbocycles. The minimum absolute atomic E-state index is 0.140. The monoisotopic (exact) mass is 484 g/mol. The highest BCUT2D eigenvalue weighted by Gasteiger charge is 2.47. The van der Waals surface area contributed by atoms with Gasteiger partial charge in [0.25, 0.3) is 0 Å². The van der Waals surface area contributed by atoms with Gasteiger partial charge in [-0.1, -0.05) is 122 Å². The zero-order chi connectivity index (χ0) is 25.7. The fourth-order valence-corrected chi connectivity index (χ4v) is 4.39. The molecule has 0 saturated heterocycles. The molecule has 0 spiro atoms. The fourth-order valence-electron chi connectivity index (χ4n) is 4.39. The van der Waals surface area contributed by atoms with E-state index in [2.05, 4.69) is 6.92 Å². The summed E-state index contributed by atoms with van der Waals surface area (Å²) in [5.74, 6) is -3.51. The fraction of sp³-hybridized carbons (Fsp3) is 0.893. The highest BCUT2D eigenvalue weighted by molar-refractivity contribution is 6.10. The molecule has 0 radical (unpaired) electrons. The molecule has 0 heterocycles. The summed E-state index contributed by atoms with van der Waals surface area (Å²) in [6.45, 7) is 3.34. The number of unbranched alkanes of at least 4 members (excludes halogenated alkanes) is 18. The lowest BCUT2D eigenvalue weighted by Gasteiger charge is -2.22. The maximum atomic E-state index is 12.0. The first kappa shape index (κ1) is 32.7. The second kappa shape index (κ2) is 21.0. The molecule has 0 fully saturated rings. The first-order valence-electron chi connectivity index (χ1n) is 14.0. The molecule has 0 aromatic heterocycles. The van der Waals surface area contributed by atoms with Crippen molar-refractivity contribution in [1.82, 2.24) is 0 Å². The van der Waals surface area contributed by atoms with Crippen LogP contribution in [0.2, 0.25) is 0 Å². The van der Waals surface area contributed by atoms with Crippen LogP contribution in [-0.2, 0) is 14.4 Å². The normalized spacial score (nSPS) is 14.0. The number of carboxylic acids is 1. The number of carboxylic acid groups (broad SMARTS) is 1. The van der Waals surface area contributed by atoms with Crippen molar-refractivity contribution in [2.24, 2.45) is 0 Å². The first-order chi connectivity index (χ1) is 16.3. The van der Waals surface area contributed by atoms with Crippen LogP contribution < -0.4 is 0 Å². The molecule has 0 aliphatic heterocycles. The smallest absolute Gasteiger partial charge is 0.344 e. The molecule has 34 heavy (non-hydrogen) atoms. The lowest BCUT2D eigenvalue weighted by molar-refractivity contribution is -0.171. The van der Waals surface area contributed by atoms with E-state index in [9.17, 15) is 24.6 Å². The van der Waals surface area contributed by atoms with Gasteiger partial charge in [-0.3, -0.25) is 9.59 Å². The first-order valence-corrected chi connectivity index (χ1v) is 14.0. The van der Waals surface area contributed by atoms with E-state index in [0.29, 0.717) is 6.42 Å². The van der Waals surface area contributed by atoms with Crippen LogP contribution >= 0.6 is 0 Å². The van der Waals surface area contributed by atoms with Gasteiger partial charge in [-0.15, -0.1) is 0 Å². The zero-order valence-electron chi connectivity index (χ0n) is 22.0. The van der Waals surface area contributed by atoms with Crippen LogP contribution in [0.1, 0.15) is 149 Å². The number of carbonyl (C=O) groups is 3. The lowest BCUT2D eigenvalue weighted by Crippen LogP contribution is -2.52. The Hall–Kier alpha value is -1.27. The van der Waals surface area contributed by atoms with E-state index < -0.39 is 35.7 Å². The summed E-state index contributed by atoms with van der Waals surface area (Å²) in [7, 11) is 0. The van der Waals surface area contributed by atoms with Crippen LogP contribution in [0.3, 0.4) is 0 Å². The number of aliphatic hydroxyl groups is 2. The minimum atomic E-state index is -2.83. The predicted molar refractivity (Wildman–Crippen MR) is 137 cm³/mol. The molecule has 0 aliphatic rings. The predicted octanol–water partition coefficient (Wildman–Crippen LogP) is 6.53. The number of Topliss-reactive ketones (excluding diaryl/α,β-unsaturated/α-hetero) is 2. The summed E-state index contributed by atoms with van der Waals surface area (Å²) in [6.07, 6.45) is 21.7. The van der Waals surface area contributed by atoms with Crippen molar-refractivity contribution in [2.45, 2.75) is 160 Å². The van der Waals surface area contributed by atoms with Crippen molar-refractivity contribution >= 4 is 17.5 Å². The highest BCUT2D eigenvalue weighted by Crippen LogP contribution is 2.19. The molecule has 0 aromatic carbocycles. The van der Waals surface area contributed by atoms with Crippen molar-refractivity contribution in [1.29, 1.82) is 0 Å². The zero-order valence-corrected chi connectivity index (χ0v) is 22.0. The number of rotatable bonds is 25. The second-order valence-electron chi connectivity index (χ2n) is 10.0. The van der Waals surface area contributed by atoms with Crippen molar-refractivity contribution in [3.05, 3.63) is 0 Å². The summed E-state index contributed by atoms with van der Waals surface area (Å²) in [6, 6.07) is 0.